The molecule has 0 saturated carbocycles. The van der Waals surface area contributed by atoms with Gasteiger partial charge in [-0.1, -0.05) is 18.5 Å². The van der Waals surface area contributed by atoms with E-state index >= 15 is 0 Å². The number of anilines is 1. The first kappa shape index (κ1) is 16.4. The van der Waals surface area contributed by atoms with Crippen LogP contribution in [-0.2, 0) is 4.79 Å². The summed E-state index contributed by atoms with van der Waals surface area (Å²) in [6.45, 7) is 4.14. The average Bonchev–Trinajstić information content (AvgIpc) is 2.44. The molecular formula is C14H21ClN2O3. The Morgan fingerprint density at radius 1 is 1.30 bits per heavy atom. The highest BCUT2D eigenvalue weighted by molar-refractivity contribution is 6.32. The van der Waals surface area contributed by atoms with Gasteiger partial charge in [0.1, 0.15) is 11.5 Å². The fourth-order valence-corrected chi connectivity index (χ4v) is 1.84. The third-order valence-corrected chi connectivity index (χ3v) is 3.23. The summed E-state index contributed by atoms with van der Waals surface area (Å²) in [5.41, 5.74) is 0.651. The van der Waals surface area contributed by atoms with Gasteiger partial charge >= 0.3 is 0 Å². The van der Waals surface area contributed by atoms with Gasteiger partial charge < -0.3 is 20.1 Å². The van der Waals surface area contributed by atoms with Gasteiger partial charge in [0.15, 0.2) is 0 Å². The van der Waals surface area contributed by atoms with Gasteiger partial charge in [-0.25, -0.2) is 0 Å². The molecule has 1 rings (SSSR count). The van der Waals surface area contributed by atoms with Crippen LogP contribution in [-0.4, -0.2) is 32.7 Å². The number of hydrogen-bond acceptors (Lipinski definition) is 4. The second kappa shape index (κ2) is 7.85. The van der Waals surface area contributed by atoms with Gasteiger partial charge in [0, 0.05) is 12.1 Å². The van der Waals surface area contributed by atoms with Gasteiger partial charge in [-0.15, -0.1) is 0 Å². The van der Waals surface area contributed by atoms with E-state index in [1.54, 1.807) is 19.2 Å². The molecule has 2 N–H and O–H groups in total. The van der Waals surface area contributed by atoms with Crippen LogP contribution >= 0.6 is 11.6 Å². The van der Waals surface area contributed by atoms with Crippen LogP contribution < -0.4 is 20.1 Å². The molecule has 1 atom stereocenters. The molecule has 0 radical (unpaired) electrons. The van der Waals surface area contributed by atoms with E-state index in [1.807, 2.05) is 13.8 Å². The Morgan fingerprint density at radius 2 is 1.95 bits per heavy atom. The molecule has 6 heteroatoms. The maximum Gasteiger partial charge on any atom is 0.239 e. The zero-order valence-corrected chi connectivity index (χ0v) is 13.0. The minimum Gasteiger partial charge on any atom is -0.495 e. The molecule has 0 saturated heterocycles. The van der Waals surface area contributed by atoms with Crippen LogP contribution in [0, 0.1) is 0 Å². The predicted octanol–water partition coefficient (Wildman–Crippen LogP) is 2.68. The molecule has 5 nitrogen and oxygen atoms in total. The van der Waals surface area contributed by atoms with Crippen molar-refractivity contribution in [2.75, 3.05) is 26.1 Å². The molecule has 20 heavy (non-hydrogen) atoms. The fourth-order valence-electron chi connectivity index (χ4n) is 1.60. The van der Waals surface area contributed by atoms with Gasteiger partial charge in [0.2, 0.25) is 5.91 Å². The summed E-state index contributed by atoms with van der Waals surface area (Å²) in [6, 6.07) is 3.51. The molecule has 0 aromatic heterocycles. The summed E-state index contributed by atoms with van der Waals surface area (Å²) < 4.78 is 10.4. The van der Waals surface area contributed by atoms with Gasteiger partial charge in [-0.05, 0) is 19.4 Å². The predicted molar refractivity (Wildman–Crippen MR) is 80.9 cm³/mol. The van der Waals surface area contributed by atoms with Crippen LogP contribution in [0.3, 0.4) is 0 Å². The average molecular weight is 301 g/mol. The second-order valence-corrected chi connectivity index (χ2v) is 4.82. The molecule has 0 aliphatic rings. The summed E-state index contributed by atoms with van der Waals surface area (Å²) in [5, 5.41) is 6.34. The highest BCUT2D eigenvalue weighted by atomic mass is 35.5. The minimum atomic E-state index is -0.0756. The molecular weight excluding hydrogens is 280 g/mol. The number of halogens is 1. The van der Waals surface area contributed by atoms with Crippen molar-refractivity contribution in [3.05, 3.63) is 17.2 Å². The number of benzene rings is 1. The lowest BCUT2D eigenvalue weighted by atomic mass is 10.2. The molecule has 0 fully saturated rings. The van der Waals surface area contributed by atoms with E-state index in [9.17, 15) is 4.79 Å². The molecule has 0 spiro atoms. The SMILES string of the molecule is CCC(C)NC(=O)CNc1cc(Cl)c(OC)cc1OC. The standard InChI is InChI=1S/C14H21ClN2O3/c1-5-9(2)17-14(18)8-16-11-6-10(15)12(19-3)7-13(11)20-4/h6-7,9,16H,5,8H2,1-4H3,(H,17,18). The molecule has 1 aromatic carbocycles. The lowest BCUT2D eigenvalue weighted by Crippen LogP contribution is -2.36. The second-order valence-electron chi connectivity index (χ2n) is 4.42. The number of amides is 1. The van der Waals surface area contributed by atoms with Gasteiger partial charge in [0.25, 0.3) is 0 Å². The molecule has 112 valence electrons. The number of nitrogens with one attached hydrogen (secondary N) is 2. The van der Waals surface area contributed by atoms with Crippen LogP contribution in [0.5, 0.6) is 11.5 Å². The number of methoxy groups -OCH3 is 2. The summed E-state index contributed by atoms with van der Waals surface area (Å²) in [7, 11) is 3.08. The van der Waals surface area contributed by atoms with Gasteiger partial charge in [-0.3, -0.25) is 4.79 Å². The topological polar surface area (TPSA) is 59.6 Å². The van der Waals surface area contributed by atoms with Gasteiger partial charge in [-0.2, -0.15) is 0 Å². The monoisotopic (exact) mass is 300 g/mol. The van der Waals surface area contributed by atoms with Crippen LogP contribution in [0.1, 0.15) is 20.3 Å². The van der Waals surface area contributed by atoms with E-state index in [2.05, 4.69) is 10.6 Å². The molecule has 1 unspecified atom stereocenters. The van der Waals surface area contributed by atoms with E-state index in [0.717, 1.165) is 6.42 Å². The van der Waals surface area contributed by atoms with Crippen molar-refractivity contribution < 1.29 is 14.3 Å². The summed E-state index contributed by atoms with van der Waals surface area (Å²) in [4.78, 5) is 11.7. The van der Waals surface area contributed by atoms with Crippen molar-refractivity contribution in [3.8, 4) is 11.5 Å². The Bertz CT molecular complexity index is 466. The highest BCUT2D eigenvalue weighted by Gasteiger charge is 2.11. The first-order chi connectivity index (χ1) is 9.51. The minimum absolute atomic E-state index is 0.0756. The first-order valence-electron chi connectivity index (χ1n) is 6.46. The zero-order chi connectivity index (χ0) is 15.1. The Kier molecular flexibility index (Phi) is 6.45. The summed E-state index contributed by atoms with van der Waals surface area (Å²) >= 11 is 6.06. The maximum absolute atomic E-state index is 11.7. The smallest absolute Gasteiger partial charge is 0.239 e. The number of rotatable bonds is 7. The van der Waals surface area contributed by atoms with Gasteiger partial charge in [0.05, 0.1) is 31.5 Å². The molecule has 0 heterocycles. The van der Waals surface area contributed by atoms with Crippen LogP contribution in [0.4, 0.5) is 5.69 Å². The molecule has 0 aliphatic carbocycles. The lowest BCUT2D eigenvalue weighted by molar-refractivity contribution is -0.120. The quantitative estimate of drug-likeness (QED) is 0.813. The number of hydrogen-bond donors (Lipinski definition) is 2. The van der Waals surface area contributed by atoms with Crippen LogP contribution in [0.2, 0.25) is 5.02 Å². The Labute approximate surface area is 124 Å². The normalized spacial score (nSPS) is 11.7. The van der Waals surface area contributed by atoms with E-state index in [4.69, 9.17) is 21.1 Å². The Morgan fingerprint density at radius 3 is 2.50 bits per heavy atom. The summed E-state index contributed by atoms with van der Waals surface area (Å²) in [6.07, 6.45) is 0.892. The first-order valence-corrected chi connectivity index (χ1v) is 6.84. The molecule has 0 bridgehead atoms. The number of carbonyl (C=O) groups is 1. The van der Waals surface area contributed by atoms with Crippen LogP contribution in [0.25, 0.3) is 0 Å². The molecule has 0 aliphatic heterocycles. The largest absolute Gasteiger partial charge is 0.495 e. The molecule has 1 aromatic rings. The third-order valence-electron chi connectivity index (χ3n) is 2.93. The van der Waals surface area contributed by atoms with E-state index < -0.39 is 0 Å². The van der Waals surface area contributed by atoms with Crippen molar-refractivity contribution in [2.45, 2.75) is 26.3 Å². The maximum atomic E-state index is 11.7. The van der Waals surface area contributed by atoms with Crippen molar-refractivity contribution in [2.24, 2.45) is 0 Å². The van der Waals surface area contributed by atoms with Crippen molar-refractivity contribution >= 4 is 23.2 Å². The lowest BCUT2D eigenvalue weighted by Gasteiger charge is -2.15. The van der Waals surface area contributed by atoms with E-state index in [1.165, 1.54) is 7.11 Å². The third kappa shape index (κ3) is 4.49. The van der Waals surface area contributed by atoms with E-state index in [-0.39, 0.29) is 18.5 Å². The van der Waals surface area contributed by atoms with Crippen molar-refractivity contribution in [3.63, 3.8) is 0 Å². The Hall–Kier alpha value is -1.62. The highest BCUT2D eigenvalue weighted by Crippen LogP contribution is 2.35. The molecule has 1 amide bonds. The fraction of sp³-hybridized carbons (Fsp3) is 0.500. The van der Waals surface area contributed by atoms with E-state index in [0.29, 0.717) is 22.2 Å². The Balaban J connectivity index is 2.72. The zero-order valence-electron chi connectivity index (χ0n) is 12.2. The summed E-state index contributed by atoms with van der Waals surface area (Å²) in [5.74, 6) is 1.02. The van der Waals surface area contributed by atoms with Crippen molar-refractivity contribution in [1.29, 1.82) is 0 Å². The number of carbonyl (C=O) groups excluding carboxylic acids is 1. The van der Waals surface area contributed by atoms with Crippen molar-refractivity contribution in [1.82, 2.24) is 5.32 Å². The van der Waals surface area contributed by atoms with Crippen LogP contribution in [0.15, 0.2) is 12.1 Å². The number of ether oxygens (including phenoxy) is 2.